The van der Waals surface area contributed by atoms with Gasteiger partial charge in [0.05, 0.1) is 12.2 Å². The van der Waals surface area contributed by atoms with E-state index in [-0.39, 0.29) is 39.3 Å². The maximum atomic E-state index is 11.4. The number of aliphatic hydroxyl groups excluding tert-OH is 4. The number of carboxylic acids is 1. The molecule has 0 bridgehead atoms. The predicted molar refractivity (Wildman–Crippen MR) is 67.0 cm³/mol. The Kier molecular flexibility index (Phi) is 9.46. The molecule has 0 amide bonds. The molecule has 1 radical (unpaired) electrons. The summed E-state index contributed by atoms with van der Waals surface area (Å²) in [6.07, 6.45) is -3.79. The molecule has 1 fully saturated rings. The Morgan fingerprint density at radius 1 is 1.39 bits per heavy atom. The number of aliphatic hydroxyl groups is 4. The number of carbonyl (C=O) groups is 1. The van der Waals surface area contributed by atoms with Gasteiger partial charge in [0.25, 0.3) is 0 Å². The number of hydrogen-bond donors (Lipinski definition) is 6. The van der Waals surface area contributed by atoms with Crippen molar-refractivity contribution < 1.29 is 67.8 Å². The number of nitrogens with one attached hydrogen (secondary N) is 1. The van der Waals surface area contributed by atoms with Crippen LogP contribution in [0.25, 0.3) is 0 Å². The molecule has 12 heteroatoms. The fourth-order valence-electron chi connectivity index (χ4n) is 1.68. The van der Waals surface area contributed by atoms with E-state index in [4.69, 9.17) is 24.9 Å². The van der Waals surface area contributed by atoms with Gasteiger partial charge in [0.1, 0.15) is 18.3 Å². The number of carboxylic acid groups (broad SMARTS) is 1. The minimum absolute atomic E-state index is 0. The molecule has 1 aliphatic rings. The average molecular weight is 407 g/mol. The summed E-state index contributed by atoms with van der Waals surface area (Å²) < 4.78 is 6.01. The van der Waals surface area contributed by atoms with Gasteiger partial charge in [-0.2, -0.15) is 12.8 Å². The Balaban J connectivity index is 0.000000709. The summed E-state index contributed by atoms with van der Waals surface area (Å²) >= 11 is 0. The quantitative estimate of drug-likeness (QED) is 0.278. The van der Waals surface area contributed by atoms with Gasteiger partial charge >= 0.3 is 5.69 Å². The van der Waals surface area contributed by atoms with E-state index in [2.05, 4.69) is 6.07 Å². The zero-order chi connectivity index (χ0) is 16.9. The monoisotopic (exact) mass is 407 g/mol. The van der Waals surface area contributed by atoms with Gasteiger partial charge in [0, 0.05) is 32.7 Å². The molecule has 1 saturated heterocycles. The molecule has 4 atom stereocenters. The fourth-order valence-corrected chi connectivity index (χ4v) is 1.68. The number of aliphatic carboxylic acids is 1. The van der Waals surface area contributed by atoms with Crippen molar-refractivity contribution in [2.24, 2.45) is 0 Å². The normalized spacial score (nSPS) is 25.7. The number of aromatic amines is 1. The van der Waals surface area contributed by atoms with Crippen LogP contribution >= 0.6 is 0 Å². The van der Waals surface area contributed by atoms with Crippen molar-refractivity contribution in [2.75, 3.05) is 6.61 Å². The maximum Gasteiger partial charge on any atom is 0.325 e. The third kappa shape index (κ3) is 5.81. The molecule has 1 aliphatic heterocycles. The van der Waals surface area contributed by atoms with Crippen molar-refractivity contribution in [3.8, 4) is 0 Å². The molecule has 1 aromatic heterocycles. The Morgan fingerprint density at radius 3 is 2.35 bits per heavy atom. The van der Waals surface area contributed by atoms with Crippen LogP contribution in [0.4, 0.5) is 0 Å². The van der Waals surface area contributed by atoms with Gasteiger partial charge in [-0.15, -0.1) is 0 Å². The van der Waals surface area contributed by atoms with Crippen LogP contribution in [-0.2, 0) is 42.2 Å². The topological polar surface area (TPSA) is 182 Å². The summed E-state index contributed by atoms with van der Waals surface area (Å²) in [4.78, 5) is 33.2. The molecule has 0 spiro atoms. The summed E-state index contributed by atoms with van der Waals surface area (Å²) in [5, 5.41) is 42.9. The average Bonchev–Trinajstić information content (AvgIpc) is 2.76. The third-order valence-corrected chi connectivity index (χ3v) is 2.69. The molecule has 2 heterocycles. The van der Waals surface area contributed by atoms with Crippen molar-refractivity contribution in [2.45, 2.75) is 24.5 Å². The Bertz CT molecular complexity index is 616. The standard InChI is InChI=1S/C9H11N2O6.C2H3O3.Y/c12-3-4-6(14)7(15)8(17-4)11-2-1-5(13)10-9(11)16;3-1-2(4)5;/h2,4,6-8,12,14-15H,3H2,(H,10,13,16);1,3H,(H,4,5);/q2*-1;/t4-,6-,7-,8-;;/m1../s1. The zero-order valence-electron chi connectivity index (χ0n) is 11.6. The van der Waals surface area contributed by atoms with Gasteiger partial charge in [-0.25, -0.2) is 4.79 Å². The van der Waals surface area contributed by atoms with E-state index < -0.39 is 48.4 Å². The largest absolute Gasteiger partial charge is 0.537 e. The van der Waals surface area contributed by atoms with Crippen LogP contribution in [0.3, 0.4) is 0 Å². The molecule has 0 unspecified atom stereocenters. The van der Waals surface area contributed by atoms with E-state index in [0.717, 1.165) is 10.8 Å². The second kappa shape index (κ2) is 9.93. The number of ether oxygens (including phenoxy) is 1. The molecule has 2 rings (SSSR count). The van der Waals surface area contributed by atoms with E-state index in [0.29, 0.717) is 0 Å². The minimum atomic E-state index is -1.37. The molecule has 0 aliphatic carbocycles. The maximum absolute atomic E-state index is 11.4. The summed E-state index contributed by atoms with van der Waals surface area (Å²) in [5.74, 6) is -1.31. The second-order valence-electron chi connectivity index (χ2n) is 4.14. The number of rotatable bonds is 3. The Labute approximate surface area is 154 Å². The first-order valence-corrected chi connectivity index (χ1v) is 5.87. The molecular weight excluding hydrogens is 393 g/mol. The summed E-state index contributed by atoms with van der Waals surface area (Å²) in [7, 11) is 0. The van der Waals surface area contributed by atoms with E-state index in [1.807, 2.05) is 4.98 Å². The van der Waals surface area contributed by atoms with Gasteiger partial charge < -0.3 is 50.7 Å². The second-order valence-corrected chi connectivity index (χ2v) is 4.14. The SMILES string of the molecule is O=C(O)[CH-]O.O=c1[c-]cn([C@@H]2O[C@H](CO)[C@@H](O)[C@H]2O)c(=O)[nH]1.[Y]. The van der Waals surface area contributed by atoms with Crippen LogP contribution in [0.2, 0.25) is 0 Å². The van der Waals surface area contributed by atoms with Crippen molar-refractivity contribution in [1.82, 2.24) is 9.55 Å². The predicted octanol–water partition coefficient (Wildman–Crippen LogP) is -3.45. The summed E-state index contributed by atoms with van der Waals surface area (Å²) in [6.45, 7) is -0.406. The van der Waals surface area contributed by atoms with Crippen LogP contribution < -0.4 is 11.2 Å². The van der Waals surface area contributed by atoms with Crippen molar-refractivity contribution in [1.29, 1.82) is 0 Å². The Morgan fingerprint density at radius 2 is 1.96 bits per heavy atom. The fraction of sp³-hybridized carbons (Fsp3) is 0.455. The van der Waals surface area contributed by atoms with Gasteiger partial charge in [0.2, 0.25) is 0 Å². The van der Waals surface area contributed by atoms with Crippen molar-refractivity contribution >= 4 is 5.97 Å². The Hall–Kier alpha value is -1.08. The minimum Gasteiger partial charge on any atom is -0.537 e. The van der Waals surface area contributed by atoms with Gasteiger partial charge in [-0.1, -0.05) is 0 Å². The van der Waals surface area contributed by atoms with E-state index >= 15 is 0 Å². The van der Waals surface area contributed by atoms with Gasteiger partial charge in [-0.3, -0.25) is 4.79 Å². The first-order valence-electron chi connectivity index (χ1n) is 5.87. The number of H-pyrrole nitrogens is 1. The third-order valence-electron chi connectivity index (χ3n) is 2.69. The number of hydrogen-bond acceptors (Lipinski definition) is 8. The first-order chi connectivity index (χ1) is 10.3. The molecule has 1 aromatic rings. The molecule has 11 nitrogen and oxygen atoms in total. The molecule has 23 heavy (non-hydrogen) atoms. The molecule has 127 valence electrons. The molecular formula is C11H14N2O9Y-2. The number of nitrogens with zero attached hydrogens (tertiary/aromatic N) is 1. The van der Waals surface area contributed by atoms with Crippen LogP contribution in [0.5, 0.6) is 0 Å². The van der Waals surface area contributed by atoms with Crippen LogP contribution in [0.1, 0.15) is 6.23 Å². The van der Waals surface area contributed by atoms with E-state index in [9.17, 15) is 19.8 Å². The van der Waals surface area contributed by atoms with Crippen LogP contribution in [-0.4, -0.2) is 66.0 Å². The molecule has 0 aromatic carbocycles. The zero-order valence-corrected chi connectivity index (χ0v) is 14.4. The van der Waals surface area contributed by atoms with E-state index in [1.165, 1.54) is 0 Å². The van der Waals surface area contributed by atoms with Gasteiger partial charge in [0.15, 0.2) is 12.2 Å². The molecule has 6 N–H and O–H groups in total. The van der Waals surface area contributed by atoms with E-state index in [1.54, 1.807) is 0 Å². The van der Waals surface area contributed by atoms with Crippen LogP contribution in [0, 0.1) is 12.7 Å². The number of aromatic nitrogens is 2. The summed E-state index contributed by atoms with van der Waals surface area (Å²) in [5.41, 5.74) is -1.48. The van der Waals surface area contributed by atoms with Crippen LogP contribution in [0.15, 0.2) is 15.8 Å². The van der Waals surface area contributed by atoms with Gasteiger partial charge in [-0.05, 0) is 0 Å². The van der Waals surface area contributed by atoms with Crippen molar-refractivity contribution in [3.63, 3.8) is 0 Å². The summed E-state index contributed by atoms with van der Waals surface area (Å²) in [6, 6.07) is 2.20. The van der Waals surface area contributed by atoms with Crippen molar-refractivity contribution in [3.05, 3.63) is 39.7 Å². The smallest absolute Gasteiger partial charge is 0.325 e. The molecule has 0 saturated carbocycles. The first kappa shape index (κ1) is 21.9.